The van der Waals surface area contributed by atoms with Crippen molar-refractivity contribution in [1.82, 2.24) is 30.2 Å². The molecule has 11 nitrogen and oxygen atoms in total. The summed E-state index contributed by atoms with van der Waals surface area (Å²) in [6, 6.07) is 1.68. The average molecular weight is 457 g/mol. The van der Waals surface area contributed by atoms with E-state index in [2.05, 4.69) is 35.1 Å². The van der Waals surface area contributed by atoms with Crippen molar-refractivity contribution in [2.24, 2.45) is 0 Å². The zero-order valence-electron chi connectivity index (χ0n) is 17.9. The Labute approximate surface area is 189 Å². The Hall–Kier alpha value is -3.25. The third-order valence-electron chi connectivity index (χ3n) is 4.89. The molecule has 2 aliphatic rings. The van der Waals surface area contributed by atoms with Crippen LogP contribution in [0.3, 0.4) is 0 Å². The molecular weight excluding hydrogens is 432 g/mol. The van der Waals surface area contributed by atoms with E-state index in [1.54, 1.807) is 24.5 Å². The molecule has 0 unspecified atom stereocenters. The van der Waals surface area contributed by atoms with Gasteiger partial charge in [-0.25, -0.2) is 15.0 Å². The molecule has 32 heavy (non-hydrogen) atoms. The summed E-state index contributed by atoms with van der Waals surface area (Å²) in [6.45, 7) is 4.16. The normalized spacial score (nSPS) is 17.9. The van der Waals surface area contributed by atoms with Gasteiger partial charge < -0.3 is 19.4 Å². The van der Waals surface area contributed by atoms with Crippen LogP contribution in [0.15, 0.2) is 29.7 Å². The number of hydrogen-bond donors (Lipinski definition) is 1. The maximum absolute atomic E-state index is 12.0. The lowest BCUT2D eigenvalue weighted by molar-refractivity contribution is -0.115. The molecule has 0 aromatic carbocycles. The van der Waals surface area contributed by atoms with Crippen LogP contribution >= 0.6 is 11.8 Å². The molecule has 2 aliphatic heterocycles. The van der Waals surface area contributed by atoms with Crippen LogP contribution in [0.4, 0.5) is 16.4 Å². The van der Waals surface area contributed by atoms with Crippen molar-refractivity contribution in [3.63, 3.8) is 0 Å². The fourth-order valence-electron chi connectivity index (χ4n) is 3.23. The number of thioether (sulfide) groups is 1. The van der Waals surface area contributed by atoms with E-state index in [1.807, 2.05) is 19.0 Å². The van der Waals surface area contributed by atoms with Crippen LogP contribution in [-0.2, 0) is 4.79 Å². The third-order valence-corrected chi connectivity index (χ3v) is 5.71. The second kappa shape index (κ2) is 9.92. The van der Waals surface area contributed by atoms with Crippen LogP contribution in [0.1, 0.15) is 5.69 Å². The molecule has 0 saturated carbocycles. The predicted molar refractivity (Wildman–Crippen MR) is 122 cm³/mol. The Kier molecular flexibility index (Phi) is 6.81. The highest BCUT2D eigenvalue weighted by Crippen LogP contribution is 2.27. The van der Waals surface area contributed by atoms with Gasteiger partial charge >= 0.3 is 0 Å². The number of piperazine rings is 1. The summed E-state index contributed by atoms with van der Waals surface area (Å²) in [5.74, 6) is 0.532. The van der Waals surface area contributed by atoms with Crippen LogP contribution in [-0.4, -0.2) is 89.4 Å². The van der Waals surface area contributed by atoms with Gasteiger partial charge in [-0.1, -0.05) is 0 Å². The van der Waals surface area contributed by atoms with Gasteiger partial charge in [0.05, 0.1) is 28.7 Å². The summed E-state index contributed by atoms with van der Waals surface area (Å²) in [5.41, 5.74) is 1.49. The quantitative estimate of drug-likeness (QED) is 0.598. The average Bonchev–Trinajstić information content (AvgIpc) is 3.10. The van der Waals surface area contributed by atoms with Gasteiger partial charge in [-0.15, -0.1) is 0 Å². The molecule has 0 radical (unpaired) electrons. The highest BCUT2D eigenvalue weighted by molar-refractivity contribution is 8.18. The summed E-state index contributed by atoms with van der Waals surface area (Å²) >= 11 is 0.857. The van der Waals surface area contributed by atoms with E-state index in [1.165, 1.54) is 6.33 Å². The zero-order valence-corrected chi connectivity index (χ0v) is 18.7. The minimum Gasteiger partial charge on any atom is -0.476 e. The lowest BCUT2D eigenvalue weighted by Crippen LogP contribution is -2.47. The van der Waals surface area contributed by atoms with Crippen LogP contribution in [0, 0.1) is 0 Å². The second-order valence-corrected chi connectivity index (χ2v) is 8.52. The van der Waals surface area contributed by atoms with Crippen molar-refractivity contribution >= 4 is 40.6 Å². The minimum atomic E-state index is -0.422. The molecular formula is C20H24N8O3S. The number of aromatic nitrogens is 4. The third kappa shape index (κ3) is 5.51. The van der Waals surface area contributed by atoms with Gasteiger partial charge in [0.15, 0.2) is 0 Å². The Morgan fingerprint density at radius 1 is 1.12 bits per heavy atom. The Bertz CT molecular complexity index is 1010. The van der Waals surface area contributed by atoms with E-state index in [0.717, 1.165) is 37.1 Å². The molecule has 2 aromatic heterocycles. The first-order chi connectivity index (χ1) is 15.5. The van der Waals surface area contributed by atoms with E-state index >= 15 is 0 Å². The zero-order chi connectivity index (χ0) is 22.5. The molecule has 2 fully saturated rings. The largest absolute Gasteiger partial charge is 0.476 e. The summed E-state index contributed by atoms with van der Waals surface area (Å²) in [5, 5.41) is 1.87. The first-order valence-corrected chi connectivity index (χ1v) is 11.0. The van der Waals surface area contributed by atoms with Crippen LogP contribution in [0.5, 0.6) is 5.88 Å². The number of hydrogen-bond acceptors (Lipinski definition) is 11. The molecule has 2 amide bonds. The van der Waals surface area contributed by atoms with Crippen molar-refractivity contribution in [3.05, 3.63) is 35.4 Å². The summed E-state index contributed by atoms with van der Waals surface area (Å²) in [7, 11) is 3.93. The first kappa shape index (κ1) is 22.0. The van der Waals surface area contributed by atoms with Gasteiger partial charge in [0, 0.05) is 38.8 Å². The van der Waals surface area contributed by atoms with Gasteiger partial charge in [-0.3, -0.25) is 14.9 Å². The second-order valence-electron chi connectivity index (χ2n) is 7.51. The molecule has 0 aliphatic carbocycles. The highest BCUT2D eigenvalue weighted by Gasteiger charge is 2.26. The highest BCUT2D eigenvalue weighted by atomic mass is 32.2. The van der Waals surface area contributed by atoms with E-state index in [-0.39, 0.29) is 5.24 Å². The number of nitrogens with one attached hydrogen (secondary N) is 1. The SMILES string of the molecule is CN(C)CCOc1cc(/C=C2\SC(=O)NC2=O)nc(N2CCN(c3cncnc3)CC2)n1. The van der Waals surface area contributed by atoms with E-state index in [0.29, 0.717) is 42.1 Å². The molecule has 4 heterocycles. The van der Waals surface area contributed by atoms with Crippen LogP contribution in [0.25, 0.3) is 6.08 Å². The summed E-state index contributed by atoms with van der Waals surface area (Å²) in [6.07, 6.45) is 6.71. The molecule has 168 valence electrons. The number of rotatable bonds is 7. The Balaban J connectivity index is 1.53. The Morgan fingerprint density at radius 3 is 2.50 bits per heavy atom. The molecule has 12 heteroatoms. The fraction of sp³-hybridized carbons (Fsp3) is 0.400. The standard InChI is InChI=1S/C20H24N8O3S/c1-26(2)7-8-31-17-10-14(9-16-18(29)25-20(30)32-16)23-19(24-17)28-5-3-27(4-6-28)15-11-21-13-22-12-15/h9-13H,3-8H2,1-2H3,(H,25,29,30)/b16-9-. The number of amides is 2. The number of imide groups is 1. The lowest BCUT2D eigenvalue weighted by atomic mass is 10.3. The van der Waals surface area contributed by atoms with E-state index < -0.39 is 5.91 Å². The van der Waals surface area contributed by atoms with Gasteiger partial charge in [-0.05, 0) is 31.9 Å². The van der Waals surface area contributed by atoms with Crippen LogP contribution < -0.4 is 19.9 Å². The van der Waals surface area contributed by atoms with Crippen molar-refractivity contribution in [2.75, 3.05) is 63.2 Å². The molecule has 1 N–H and O–H groups in total. The number of ether oxygens (including phenoxy) is 1. The number of carbonyl (C=O) groups is 2. The number of likely N-dealkylation sites (N-methyl/N-ethyl adjacent to an activating group) is 1. The van der Waals surface area contributed by atoms with Crippen molar-refractivity contribution in [1.29, 1.82) is 0 Å². The van der Waals surface area contributed by atoms with Crippen LogP contribution in [0.2, 0.25) is 0 Å². The van der Waals surface area contributed by atoms with E-state index in [9.17, 15) is 9.59 Å². The topological polar surface area (TPSA) is 117 Å². The van der Waals surface area contributed by atoms with Gasteiger partial charge in [0.2, 0.25) is 11.8 Å². The maximum atomic E-state index is 12.0. The lowest BCUT2D eigenvalue weighted by Gasteiger charge is -2.35. The molecule has 0 atom stereocenters. The number of carbonyl (C=O) groups excluding carboxylic acids is 2. The monoisotopic (exact) mass is 456 g/mol. The predicted octanol–water partition coefficient (Wildman–Crippen LogP) is 0.857. The molecule has 2 aromatic rings. The van der Waals surface area contributed by atoms with Crippen molar-refractivity contribution in [2.45, 2.75) is 0 Å². The Morgan fingerprint density at radius 2 is 1.84 bits per heavy atom. The van der Waals surface area contributed by atoms with Crippen molar-refractivity contribution < 1.29 is 14.3 Å². The smallest absolute Gasteiger partial charge is 0.290 e. The number of anilines is 2. The summed E-state index contributed by atoms with van der Waals surface area (Å²) in [4.78, 5) is 47.4. The minimum absolute atomic E-state index is 0.299. The number of nitrogens with zero attached hydrogens (tertiary/aromatic N) is 7. The van der Waals surface area contributed by atoms with Gasteiger partial charge in [0.25, 0.3) is 11.1 Å². The fourth-order valence-corrected chi connectivity index (χ4v) is 3.89. The van der Waals surface area contributed by atoms with Gasteiger partial charge in [0.1, 0.15) is 12.9 Å². The summed E-state index contributed by atoms with van der Waals surface area (Å²) < 4.78 is 5.84. The molecule has 2 saturated heterocycles. The molecule has 0 spiro atoms. The molecule has 4 rings (SSSR count). The van der Waals surface area contributed by atoms with Crippen molar-refractivity contribution in [3.8, 4) is 5.88 Å². The van der Waals surface area contributed by atoms with Gasteiger partial charge in [-0.2, -0.15) is 4.98 Å². The first-order valence-electron chi connectivity index (χ1n) is 10.1. The van der Waals surface area contributed by atoms with E-state index in [4.69, 9.17) is 4.74 Å². The maximum Gasteiger partial charge on any atom is 0.290 e. The molecule has 0 bridgehead atoms.